The molecule has 0 atom stereocenters. The number of rotatable bonds is 3. The summed E-state index contributed by atoms with van der Waals surface area (Å²) >= 11 is 0. The van der Waals surface area contributed by atoms with Crippen LogP contribution in [0.15, 0.2) is 16.0 Å². The Labute approximate surface area is 145 Å². The Morgan fingerprint density at radius 3 is 2.38 bits per heavy atom. The molecule has 6 nitrogen and oxygen atoms in total. The minimum absolute atomic E-state index is 0.0985. The first-order valence-corrected chi connectivity index (χ1v) is 9.33. The summed E-state index contributed by atoms with van der Waals surface area (Å²) in [5.74, 6) is -5.99. The molecule has 0 aliphatic carbocycles. The van der Waals surface area contributed by atoms with E-state index in [4.69, 9.17) is 0 Å². The van der Waals surface area contributed by atoms with Crippen LogP contribution in [-0.2, 0) is 29.3 Å². The van der Waals surface area contributed by atoms with Crippen LogP contribution >= 0.6 is 0 Å². The largest absolute Gasteiger partial charge is 0.297 e. The molecule has 1 N–H and O–H groups in total. The van der Waals surface area contributed by atoms with Crippen LogP contribution in [0.25, 0.3) is 0 Å². The number of benzene rings is 1. The van der Waals surface area contributed by atoms with Crippen molar-refractivity contribution in [2.75, 3.05) is 12.8 Å². The van der Waals surface area contributed by atoms with Gasteiger partial charge in [0.2, 0.25) is 15.0 Å². The Kier molecular flexibility index (Phi) is 4.61. The molecule has 11 heteroatoms. The lowest BCUT2D eigenvalue weighted by molar-refractivity contribution is 0.231. The van der Waals surface area contributed by atoms with Crippen molar-refractivity contribution in [3.63, 3.8) is 0 Å². The summed E-state index contributed by atoms with van der Waals surface area (Å²) in [6, 6.07) is 0.126. The van der Waals surface area contributed by atoms with Gasteiger partial charge in [0.25, 0.3) is 5.56 Å². The molecular formula is C15H13F4N3O3S. The number of nitrogens with one attached hydrogen (secondary N) is 1. The van der Waals surface area contributed by atoms with Crippen LogP contribution in [0.4, 0.5) is 17.6 Å². The molecule has 1 aromatic carbocycles. The minimum Gasteiger partial charge on any atom is -0.297 e. The van der Waals surface area contributed by atoms with Crippen LogP contribution in [0, 0.1) is 23.3 Å². The molecular weight excluding hydrogens is 378 g/mol. The summed E-state index contributed by atoms with van der Waals surface area (Å²) in [6.07, 6.45) is 1.04. The Morgan fingerprint density at radius 1 is 1.19 bits per heavy atom. The maximum atomic E-state index is 13.8. The molecule has 140 valence electrons. The summed E-state index contributed by atoms with van der Waals surface area (Å²) in [5, 5.41) is -0.459. The maximum absolute atomic E-state index is 13.8. The number of sulfone groups is 1. The van der Waals surface area contributed by atoms with Crippen molar-refractivity contribution in [1.29, 1.82) is 0 Å². The van der Waals surface area contributed by atoms with Gasteiger partial charge in [0.05, 0.1) is 11.3 Å². The highest BCUT2D eigenvalue weighted by molar-refractivity contribution is 7.90. The molecule has 0 unspecified atom stereocenters. The zero-order chi connectivity index (χ0) is 19.2. The van der Waals surface area contributed by atoms with Crippen molar-refractivity contribution in [2.45, 2.75) is 24.7 Å². The third kappa shape index (κ3) is 3.36. The van der Waals surface area contributed by atoms with Crippen LogP contribution in [0.3, 0.4) is 0 Å². The topological polar surface area (TPSA) is 83.1 Å². The van der Waals surface area contributed by atoms with E-state index in [9.17, 15) is 30.8 Å². The summed E-state index contributed by atoms with van der Waals surface area (Å²) < 4.78 is 77.3. The van der Waals surface area contributed by atoms with E-state index in [1.165, 1.54) is 4.90 Å². The third-order valence-corrected chi connectivity index (χ3v) is 4.96. The first-order valence-electron chi connectivity index (χ1n) is 7.44. The Morgan fingerprint density at radius 2 is 1.81 bits per heavy atom. The van der Waals surface area contributed by atoms with Gasteiger partial charge in [-0.2, -0.15) is 0 Å². The fourth-order valence-electron chi connectivity index (χ4n) is 2.75. The van der Waals surface area contributed by atoms with Gasteiger partial charge in [-0.05, 0) is 0 Å². The lowest BCUT2D eigenvalue weighted by Gasteiger charge is -2.27. The minimum atomic E-state index is -3.70. The maximum Gasteiger partial charge on any atom is 0.256 e. The van der Waals surface area contributed by atoms with Gasteiger partial charge in [0.1, 0.15) is 0 Å². The van der Waals surface area contributed by atoms with Crippen molar-refractivity contribution in [2.24, 2.45) is 0 Å². The second-order valence-electron chi connectivity index (χ2n) is 5.98. The predicted octanol–water partition coefficient (Wildman–Crippen LogP) is 1.29. The number of halogens is 4. The highest BCUT2D eigenvalue weighted by Crippen LogP contribution is 2.23. The molecule has 0 radical (unpaired) electrons. The average Bonchev–Trinajstić information content (AvgIpc) is 2.56. The predicted molar refractivity (Wildman–Crippen MR) is 82.1 cm³/mol. The van der Waals surface area contributed by atoms with Crippen molar-refractivity contribution < 1.29 is 26.0 Å². The van der Waals surface area contributed by atoms with Gasteiger partial charge in [-0.3, -0.25) is 14.7 Å². The second kappa shape index (κ2) is 6.47. The number of aromatic nitrogens is 2. The number of hydrogen-bond donors (Lipinski definition) is 1. The Bertz CT molecular complexity index is 1030. The molecule has 26 heavy (non-hydrogen) atoms. The van der Waals surface area contributed by atoms with Gasteiger partial charge in [0.15, 0.2) is 23.3 Å². The highest BCUT2D eigenvalue weighted by Gasteiger charge is 2.26. The molecule has 0 bridgehead atoms. The molecule has 1 aliphatic heterocycles. The standard InChI is InChI=1S/C15H13F4N3O3S/c1-26(24,25)15-20-11-2-3-22(5-7(11)14(23)21-15)6-8-12(18)9(16)4-10(17)13(8)19/h4H,2-3,5-6H2,1H3,(H,20,21,23). The number of fused-ring (bicyclic) bond motifs is 1. The van der Waals surface area contributed by atoms with Crippen molar-refractivity contribution in [3.8, 4) is 0 Å². The first kappa shape index (κ1) is 18.5. The smallest absolute Gasteiger partial charge is 0.256 e. The van der Waals surface area contributed by atoms with E-state index in [1.807, 2.05) is 0 Å². The molecule has 2 aromatic rings. The van der Waals surface area contributed by atoms with Crippen molar-refractivity contribution >= 4 is 9.84 Å². The van der Waals surface area contributed by atoms with Crippen LogP contribution in [0.1, 0.15) is 16.8 Å². The molecule has 2 heterocycles. The van der Waals surface area contributed by atoms with Crippen molar-refractivity contribution in [3.05, 3.63) is 56.5 Å². The summed E-state index contributed by atoms with van der Waals surface area (Å²) in [7, 11) is -3.70. The summed E-state index contributed by atoms with van der Waals surface area (Å²) in [6.45, 7) is -0.387. The molecule has 0 saturated carbocycles. The van der Waals surface area contributed by atoms with E-state index in [0.717, 1.165) is 6.26 Å². The van der Waals surface area contributed by atoms with Gasteiger partial charge in [-0.15, -0.1) is 0 Å². The fraction of sp³-hybridized carbons (Fsp3) is 0.333. The van der Waals surface area contributed by atoms with E-state index in [-0.39, 0.29) is 36.8 Å². The van der Waals surface area contributed by atoms with E-state index in [2.05, 4.69) is 9.97 Å². The van der Waals surface area contributed by atoms with Gasteiger partial charge in [0, 0.05) is 43.9 Å². The number of hydrogen-bond acceptors (Lipinski definition) is 5. The van der Waals surface area contributed by atoms with Crippen LogP contribution in [0.2, 0.25) is 0 Å². The lowest BCUT2D eigenvalue weighted by Crippen LogP contribution is -2.36. The Hall–Kier alpha value is -2.27. The van der Waals surface area contributed by atoms with Crippen molar-refractivity contribution in [1.82, 2.24) is 14.9 Å². The highest BCUT2D eigenvalue weighted by atomic mass is 32.2. The molecule has 1 aliphatic rings. The SMILES string of the molecule is CS(=O)(=O)c1nc2c(c(=O)[nH]1)CN(Cc1c(F)c(F)cc(F)c1F)CC2. The van der Waals surface area contributed by atoms with E-state index >= 15 is 0 Å². The fourth-order valence-corrected chi connectivity index (χ4v) is 3.31. The normalized spacial score (nSPS) is 15.1. The molecule has 3 rings (SSSR count). The number of H-pyrrole nitrogens is 1. The Balaban J connectivity index is 1.92. The average molecular weight is 391 g/mol. The first-order chi connectivity index (χ1) is 12.1. The van der Waals surface area contributed by atoms with Gasteiger partial charge in [-0.1, -0.05) is 0 Å². The van der Waals surface area contributed by atoms with E-state index in [1.54, 1.807) is 0 Å². The van der Waals surface area contributed by atoms with Gasteiger partial charge < -0.3 is 0 Å². The zero-order valence-electron chi connectivity index (χ0n) is 13.4. The van der Waals surface area contributed by atoms with Gasteiger partial charge >= 0.3 is 0 Å². The molecule has 1 aromatic heterocycles. The van der Waals surface area contributed by atoms with Gasteiger partial charge in [-0.25, -0.2) is 31.0 Å². The molecule has 0 fully saturated rings. The number of nitrogens with zero attached hydrogens (tertiary/aromatic N) is 2. The van der Waals surface area contributed by atoms with Crippen LogP contribution in [0.5, 0.6) is 0 Å². The molecule has 0 saturated heterocycles. The summed E-state index contributed by atoms with van der Waals surface area (Å²) in [4.78, 5) is 19.6. The second-order valence-corrected chi connectivity index (χ2v) is 7.91. The molecule has 0 spiro atoms. The lowest BCUT2D eigenvalue weighted by atomic mass is 10.1. The third-order valence-electron chi connectivity index (χ3n) is 4.06. The van der Waals surface area contributed by atoms with E-state index < -0.39 is 55.9 Å². The monoisotopic (exact) mass is 391 g/mol. The number of aromatic amines is 1. The molecule has 0 amide bonds. The zero-order valence-corrected chi connectivity index (χ0v) is 14.3. The van der Waals surface area contributed by atoms with Crippen LogP contribution in [-0.4, -0.2) is 36.1 Å². The van der Waals surface area contributed by atoms with Crippen LogP contribution < -0.4 is 5.56 Å². The quantitative estimate of drug-likeness (QED) is 0.484. The van der Waals surface area contributed by atoms with E-state index in [0.29, 0.717) is 0 Å². The summed E-state index contributed by atoms with van der Waals surface area (Å²) in [5.41, 5.74) is -1.06.